The van der Waals surface area contributed by atoms with Gasteiger partial charge in [-0.2, -0.15) is 5.10 Å². The Bertz CT molecular complexity index is 958. The molecule has 2 heterocycles. The summed E-state index contributed by atoms with van der Waals surface area (Å²) in [5.74, 6) is -0.229. The summed E-state index contributed by atoms with van der Waals surface area (Å²) in [6.45, 7) is 0. The Labute approximate surface area is 138 Å². The molecule has 0 spiro atoms. The summed E-state index contributed by atoms with van der Waals surface area (Å²) in [5.41, 5.74) is 3.03. The van der Waals surface area contributed by atoms with Crippen LogP contribution < -0.4 is 16.7 Å². The minimum Gasteiger partial charge on any atom is -0.333 e. The number of hydrogen-bond donors (Lipinski definition) is 4. The molecule has 0 bridgehead atoms. The molecule has 0 aliphatic carbocycles. The molecule has 0 saturated carbocycles. The maximum atomic E-state index is 11.7. The Hall–Kier alpha value is -3.14. The molecule has 0 unspecified atom stereocenters. The van der Waals surface area contributed by atoms with E-state index >= 15 is 0 Å². The summed E-state index contributed by atoms with van der Waals surface area (Å²) in [5, 5.41) is 4.32. The molecule has 122 valence electrons. The predicted octanol–water partition coefficient (Wildman–Crippen LogP) is 0.182. The molecule has 1 aromatic carbocycles. The maximum Gasteiger partial charge on any atom is 0.326 e. The number of carbonyl (C=O) groups excluding carboxylic acids is 1. The zero-order valence-corrected chi connectivity index (χ0v) is 13.0. The van der Waals surface area contributed by atoms with Gasteiger partial charge >= 0.3 is 5.69 Å². The third-order valence-corrected chi connectivity index (χ3v) is 3.76. The van der Waals surface area contributed by atoms with Crippen LogP contribution in [0.2, 0.25) is 0 Å². The van der Waals surface area contributed by atoms with Gasteiger partial charge in [-0.1, -0.05) is 23.9 Å². The van der Waals surface area contributed by atoms with Gasteiger partial charge in [0.15, 0.2) is 5.16 Å². The smallest absolute Gasteiger partial charge is 0.326 e. The number of aromatic amines is 3. The Morgan fingerprint density at radius 1 is 1.25 bits per heavy atom. The largest absolute Gasteiger partial charge is 0.333 e. The molecule has 3 aromatic rings. The van der Waals surface area contributed by atoms with E-state index in [2.05, 4.69) is 25.5 Å². The van der Waals surface area contributed by atoms with E-state index < -0.39 is 11.2 Å². The van der Waals surface area contributed by atoms with E-state index in [1.54, 1.807) is 0 Å². The van der Waals surface area contributed by atoms with Crippen molar-refractivity contribution < 1.29 is 4.79 Å². The number of hydrazone groups is 1. The number of nitrogens with one attached hydrogen (secondary N) is 4. The van der Waals surface area contributed by atoms with Gasteiger partial charge in [-0.25, -0.2) is 15.2 Å². The lowest BCUT2D eigenvalue weighted by Crippen LogP contribution is -2.24. The first-order valence-corrected chi connectivity index (χ1v) is 7.82. The topological polar surface area (TPSA) is 136 Å². The molecule has 0 aliphatic rings. The van der Waals surface area contributed by atoms with E-state index in [1.807, 2.05) is 29.2 Å². The number of rotatable bonds is 5. The summed E-state index contributed by atoms with van der Waals surface area (Å²) in [7, 11) is 0. The number of nitrogens with zero attached hydrogens (tertiary/aromatic N) is 2. The van der Waals surface area contributed by atoms with Crippen LogP contribution in [0.3, 0.4) is 0 Å². The van der Waals surface area contributed by atoms with Crippen molar-refractivity contribution in [2.24, 2.45) is 5.10 Å². The molecule has 24 heavy (non-hydrogen) atoms. The zero-order chi connectivity index (χ0) is 16.9. The van der Waals surface area contributed by atoms with E-state index in [9.17, 15) is 14.4 Å². The van der Waals surface area contributed by atoms with Crippen LogP contribution in [0.4, 0.5) is 0 Å². The highest BCUT2D eigenvalue weighted by molar-refractivity contribution is 7.99. The molecule has 0 saturated heterocycles. The van der Waals surface area contributed by atoms with Gasteiger partial charge in [-0.05, 0) is 12.1 Å². The Morgan fingerprint density at radius 2 is 2.08 bits per heavy atom. The number of carbonyl (C=O) groups is 1. The number of amides is 1. The van der Waals surface area contributed by atoms with Crippen molar-refractivity contribution in [2.45, 2.75) is 5.16 Å². The molecule has 10 heteroatoms. The summed E-state index contributed by atoms with van der Waals surface area (Å²) >= 11 is 1.24. The van der Waals surface area contributed by atoms with Gasteiger partial charge in [-0.15, -0.1) is 0 Å². The molecule has 9 nitrogen and oxygen atoms in total. The third kappa shape index (κ3) is 3.98. The highest BCUT2D eigenvalue weighted by Gasteiger charge is 2.06. The summed E-state index contributed by atoms with van der Waals surface area (Å²) in [6, 6.07) is 8.72. The fraction of sp³-hybridized carbons (Fsp3) is 0.0714. The van der Waals surface area contributed by atoms with Crippen LogP contribution in [0.5, 0.6) is 0 Å². The number of thioether (sulfide) groups is 1. The first-order chi connectivity index (χ1) is 11.6. The SMILES string of the molecule is O=C(CSc1nc2ccccc2[nH]1)N/N=C/c1cc(=O)[nH]c(=O)[nH]1. The number of H-pyrrole nitrogens is 3. The van der Waals surface area contributed by atoms with Crippen molar-refractivity contribution in [3.63, 3.8) is 0 Å². The van der Waals surface area contributed by atoms with E-state index in [0.29, 0.717) is 5.16 Å². The molecule has 2 aromatic heterocycles. The molecule has 1 amide bonds. The molecular formula is C14H12N6O3S. The fourth-order valence-corrected chi connectivity index (χ4v) is 2.57. The molecule has 0 fully saturated rings. The monoisotopic (exact) mass is 344 g/mol. The van der Waals surface area contributed by atoms with Crippen molar-refractivity contribution in [1.29, 1.82) is 0 Å². The summed E-state index contributed by atoms with van der Waals surface area (Å²) in [4.78, 5) is 45.7. The molecule has 0 radical (unpaired) electrons. The van der Waals surface area contributed by atoms with E-state index in [1.165, 1.54) is 18.0 Å². The third-order valence-electron chi connectivity index (χ3n) is 2.88. The number of aromatic nitrogens is 4. The van der Waals surface area contributed by atoms with Crippen LogP contribution in [0, 0.1) is 0 Å². The first-order valence-electron chi connectivity index (χ1n) is 6.83. The number of para-hydroxylation sites is 2. The fourth-order valence-electron chi connectivity index (χ4n) is 1.89. The van der Waals surface area contributed by atoms with E-state index in [-0.39, 0.29) is 17.4 Å². The van der Waals surface area contributed by atoms with E-state index in [0.717, 1.165) is 17.1 Å². The van der Waals surface area contributed by atoms with Crippen LogP contribution in [0.15, 0.2) is 50.2 Å². The maximum absolute atomic E-state index is 11.7. The molecule has 3 rings (SSSR count). The lowest BCUT2D eigenvalue weighted by atomic mass is 10.3. The van der Waals surface area contributed by atoms with Crippen LogP contribution in [-0.2, 0) is 4.79 Å². The average molecular weight is 344 g/mol. The van der Waals surface area contributed by atoms with Crippen LogP contribution in [-0.4, -0.2) is 37.8 Å². The average Bonchev–Trinajstić information content (AvgIpc) is 2.95. The molecule has 4 N–H and O–H groups in total. The lowest BCUT2D eigenvalue weighted by Gasteiger charge is -1.97. The quantitative estimate of drug-likeness (QED) is 0.297. The number of benzene rings is 1. The van der Waals surface area contributed by atoms with E-state index in [4.69, 9.17) is 0 Å². The molecular weight excluding hydrogens is 332 g/mol. The number of fused-ring (bicyclic) bond motifs is 1. The summed E-state index contributed by atoms with van der Waals surface area (Å²) < 4.78 is 0. The van der Waals surface area contributed by atoms with Gasteiger partial charge in [0.05, 0.1) is 28.7 Å². The number of hydrogen-bond acceptors (Lipinski definition) is 6. The minimum absolute atomic E-state index is 0.114. The molecule has 0 aliphatic heterocycles. The van der Waals surface area contributed by atoms with Gasteiger partial charge in [-0.3, -0.25) is 14.6 Å². The van der Waals surface area contributed by atoms with Gasteiger partial charge in [0, 0.05) is 6.07 Å². The zero-order valence-electron chi connectivity index (χ0n) is 12.2. The van der Waals surface area contributed by atoms with Crippen molar-refractivity contribution in [3.05, 3.63) is 56.9 Å². The van der Waals surface area contributed by atoms with Gasteiger partial charge in [0.25, 0.3) is 11.5 Å². The van der Waals surface area contributed by atoms with Gasteiger partial charge < -0.3 is 9.97 Å². The second-order valence-corrected chi connectivity index (χ2v) is 5.65. The Kier molecular flexibility index (Phi) is 4.57. The second-order valence-electron chi connectivity index (χ2n) is 4.68. The van der Waals surface area contributed by atoms with Crippen LogP contribution in [0.1, 0.15) is 5.69 Å². The minimum atomic E-state index is -0.643. The van der Waals surface area contributed by atoms with Gasteiger partial charge in [0.1, 0.15) is 0 Å². The van der Waals surface area contributed by atoms with Crippen molar-refractivity contribution in [3.8, 4) is 0 Å². The Balaban J connectivity index is 1.54. The lowest BCUT2D eigenvalue weighted by molar-refractivity contribution is -0.118. The first kappa shape index (κ1) is 15.7. The number of imidazole rings is 1. The standard InChI is InChI=1S/C14H12N6O3S/c21-11-5-8(16-13(23)19-11)6-15-20-12(22)7-24-14-17-9-3-1-2-4-10(9)18-14/h1-6H,7H2,(H,17,18)(H,20,22)(H2,16,19,21,23)/b15-6+. The predicted molar refractivity (Wildman–Crippen MR) is 90.2 cm³/mol. The highest BCUT2D eigenvalue weighted by atomic mass is 32.2. The summed E-state index contributed by atoms with van der Waals surface area (Å²) in [6.07, 6.45) is 1.18. The molecule has 0 atom stereocenters. The van der Waals surface area contributed by atoms with Crippen LogP contribution >= 0.6 is 11.8 Å². The van der Waals surface area contributed by atoms with Crippen molar-refractivity contribution in [1.82, 2.24) is 25.4 Å². The van der Waals surface area contributed by atoms with Crippen LogP contribution in [0.25, 0.3) is 11.0 Å². The van der Waals surface area contributed by atoms with Gasteiger partial charge in [0.2, 0.25) is 0 Å². The second kappa shape index (κ2) is 6.96. The normalized spacial score (nSPS) is 11.2. The highest BCUT2D eigenvalue weighted by Crippen LogP contribution is 2.18. The van der Waals surface area contributed by atoms with Crippen molar-refractivity contribution in [2.75, 3.05) is 5.75 Å². The Morgan fingerprint density at radius 3 is 2.88 bits per heavy atom. The van der Waals surface area contributed by atoms with Crippen molar-refractivity contribution >= 4 is 34.9 Å².